The molecule has 3 aromatic rings. The third-order valence-corrected chi connectivity index (χ3v) is 7.85. The van der Waals surface area contributed by atoms with Crippen molar-refractivity contribution >= 4 is 54.8 Å². The average molecular weight is 496 g/mol. The normalized spacial score (nSPS) is 14.6. The third-order valence-electron chi connectivity index (χ3n) is 5.31. The van der Waals surface area contributed by atoms with Crippen molar-refractivity contribution in [1.29, 1.82) is 0 Å². The van der Waals surface area contributed by atoms with Crippen molar-refractivity contribution in [2.24, 2.45) is 0 Å². The summed E-state index contributed by atoms with van der Waals surface area (Å²) in [5, 5.41) is 0.422. The first-order chi connectivity index (χ1) is 15.2. The largest absolute Gasteiger partial charge is 0.378 e. The van der Waals surface area contributed by atoms with Gasteiger partial charge in [0.2, 0.25) is 5.91 Å². The number of halogens is 1. The maximum Gasteiger partial charge on any atom is 0.308 e. The van der Waals surface area contributed by atoms with E-state index in [2.05, 4.69) is 4.72 Å². The van der Waals surface area contributed by atoms with Gasteiger partial charge in [-0.1, -0.05) is 29.0 Å². The molecule has 0 bridgehead atoms. The van der Waals surface area contributed by atoms with Gasteiger partial charge in [-0.3, -0.25) is 18.9 Å². The molecule has 2 heterocycles. The molecule has 1 N–H and O–H groups in total. The molecule has 2 aromatic carbocycles. The first-order valence-corrected chi connectivity index (χ1v) is 12.7. The summed E-state index contributed by atoms with van der Waals surface area (Å²) in [6.07, 6.45) is 0.196. The fourth-order valence-corrected chi connectivity index (χ4v) is 5.86. The van der Waals surface area contributed by atoms with E-state index < -0.39 is 10.0 Å². The summed E-state index contributed by atoms with van der Waals surface area (Å²) in [7, 11) is -3.87. The number of nitrogens with zero attached hydrogens (tertiary/aromatic N) is 2. The summed E-state index contributed by atoms with van der Waals surface area (Å²) >= 11 is 6.94. The van der Waals surface area contributed by atoms with Gasteiger partial charge in [-0.25, -0.2) is 8.42 Å². The molecular weight excluding hydrogens is 474 g/mol. The number of aromatic nitrogens is 1. The van der Waals surface area contributed by atoms with Crippen LogP contribution in [0.5, 0.6) is 0 Å². The number of morpholine rings is 1. The fourth-order valence-electron chi connectivity index (χ4n) is 3.51. The summed E-state index contributed by atoms with van der Waals surface area (Å²) in [6, 6.07) is 9.50. The number of carbonyl (C=O) groups excluding carboxylic acids is 1. The van der Waals surface area contributed by atoms with Gasteiger partial charge in [-0.15, -0.1) is 0 Å². The Balaban J connectivity index is 1.55. The second-order valence-corrected chi connectivity index (χ2v) is 10.6. The number of thiazole rings is 1. The van der Waals surface area contributed by atoms with E-state index in [-0.39, 0.29) is 28.6 Å². The van der Waals surface area contributed by atoms with Gasteiger partial charge in [0.25, 0.3) is 10.0 Å². The van der Waals surface area contributed by atoms with Gasteiger partial charge >= 0.3 is 4.87 Å². The predicted octanol–water partition coefficient (Wildman–Crippen LogP) is 3.07. The Morgan fingerprint density at radius 3 is 2.69 bits per heavy atom. The topological polar surface area (TPSA) is 97.7 Å². The van der Waals surface area contributed by atoms with Gasteiger partial charge in [0.05, 0.1) is 34.0 Å². The standard InChI is InChI=1S/C21H22ClN3O5S2/c1-14-2-3-15(22)12-17(14)23-32(28,29)16-4-5-18-19(13-16)31-21(27)25(18)7-6-20(26)24-8-10-30-11-9-24/h2-5,12-13,23H,6-11H2,1H3. The van der Waals surface area contributed by atoms with Crippen molar-refractivity contribution < 1.29 is 17.9 Å². The summed E-state index contributed by atoms with van der Waals surface area (Å²) in [5.41, 5.74) is 1.73. The van der Waals surface area contributed by atoms with Crippen LogP contribution in [0.25, 0.3) is 10.2 Å². The lowest BCUT2D eigenvalue weighted by molar-refractivity contribution is -0.135. The van der Waals surface area contributed by atoms with E-state index in [0.717, 1.165) is 16.9 Å². The minimum Gasteiger partial charge on any atom is -0.378 e. The van der Waals surface area contributed by atoms with Crippen molar-refractivity contribution in [3.8, 4) is 0 Å². The van der Waals surface area contributed by atoms with Gasteiger partial charge in [-0.05, 0) is 42.8 Å². The third kappa shape index (κ3) is 4.83. The van der Waals surface area contributed by atoms with Crippen LogP contribution in [0.3, 0.4) is 0 Å². The van der Waals surface area contributed by atoms with E-state index in [1.165, 1.54) is 16.7 Å². The van der Waals surface area contributed by atoms with Crippen molar-refractivity contribution in [3.05, 3.63) is 56.7 Å². The lowest BCUT2D eigenvalue weighted by Crippen LogP contribution is -2.41. The predicted molar refractivity (Wildman–Crippen MR) is 125 cm³/mol. The van der Waals surface area contributed by atoms with E-state index in [4.69, 9.17) is 16.3 Å². The Hall–Kier alpha value is -2.40. The zero-order chi connectivity index (χ0) is 22.9. The summed E-state index contributed by atoms with van der Waals surface area (Å²) in [6.45, 7) is 4.17. The number of ether oxygens (including phenoxy) is 1. The SMILES string of the molecule is Cc1ccc(Cl)cc1NS(=O)(=O)c1ccc2c(c1)sc(=O)n2CCC(=O)N1CCOCC1. The first kappa shape index (κ1) is 22.8. The Morgan fingerprint density at radius 2 is 1.94 bits per heavy atom. The van der Waals surface area contributed by atoms with Crippen LogP contribution in [-0.2, 0) is 26.1 Å². The number of aryl methyl sites for hydroxylation is 2. The highest BCUT2D eigenvalue weighted by Gasteiger charge is 2.20. The molecule has 0 aliphatic carbocycles. The minimum atomic E-state index is -3.87. The van der Waals surface area contributed by atoms with Crippen LogP contribution in [0.15, 0.2) is 46.1 Å². The number of sulfonamides is 1. The molecule has 11 heteroatoms. The smallest absolute Gasteiger partial charge is 0.308 e. The molecule has 0 saturated carbocycles. The van der Waals surface area contributed by atoms with Crippen LogP contribution in [0.2, 0.25) is 5.02 Å². The van der Waals surface area contributed by atoms with Gasteiger partial charge in [0.15, 0.2) is 0 Å². The van der Waals surface area contributed by atoms with Crippen molar-refractivity contribution in [3.63, 3.8) is 0 Å². The fraction of sp³-hybridized carbons (Fsp3) is 0.333. The molecule has 0 radical (unpaired) electrons. The number of benzene rings is 2. The quantitative estimate of drug-likeness (QED) is 0.566. The molecular formula is C21H22ClN3O5S2. The number of hydrogen-bond donors (Lipinski definition) is 1. The van der Waals surface area contributed by atoms with E-state index in [1.807, 2.05) is 0 Å². The second kappa shape index (κ2) is 9.22. The highest BCUT2D eigenvalue weighted by molar-refractivity contribution is 7.92. The van der Waals surface area contributed by atoms with Crippen LogP contribution in [0.4, 0.5) is 5.69 Å². The van der Waals surface area contributed by atoms with E-state index in [9.17, 15) is 18.0 Å². The van der Waals surface area contributed by atoms with Gasteiger partial charge < -0.3 is 9.64 Å². The number of carbonyl (C=O) groups is 1. The van der Waals surface area contributed by atoms with Gasteiger partial charge in [-0.2, -0.15) is 0 Å². The second-order valence-electron chi connectivity index (χ2n) is 7.46. The Morgan fingerprint density at radius 1 is 1.19 bits per heavy atom. The first-order valence-electron chi connectivity index (χ1n) is 10.0. The molecule has 1 fully saturated rings. The minimum absolute atomic E-state index is 0.0279. The van der Waals surface area contributed by atoms with Crippen LogP contribution in [0.1, 0.15) is 12.0 Å². The highest BCUT2D eigenvalue weighted by Crippen LogP contribution is 2.26. The van der Waals surface area contributed by atoms with Gasteiger partial charge in [0.1, 0.15) is 0 Å². The Labute approximate surface area is 194 Å². The molecule has 32 heavy (non-hydrogen) atoms. The average Bonchev–Trinajstić information content (AvgIpc) is 3.09. The van der Waals surface area contributed by atoms with Crippen molar-refractivity contribution in [1.82, 2.24) is 9.47 Å². The molecule has 1 aromatic heterocycles. The molecule has 170 valence electrons. The molecule has 1 aliphatic heterocycles. The van der Waals surface area contributed by atoms with Crippen molar-refractivity contribution in [2.75, 3.05) is 31.0 Å². The maximum absolute atomic E-state index is 12.9. The molecule has 1 amide bonds. The molecule has 8 nitrogen and oxygen atoms in total. The Kier molecular flexibility index (Phi) is 6.57. The summed E-state index contributed by atoms with van der Waals surface area (Å²) in [5.74, 6) is -0.0279. The van der Waals surface area contributed by atoms with E-state index >= 15 is 0 Å². The Bertz CT molecular complexity index is 1330. The molecule has 1 aliphatic rings. The zero-order valence-corrected chi connectivity index (χ0v) is 19.7. The van der Waals surface area contributed by atoms with Crippen molar-refractivity contribution in [2.45, 2.75) is 24.8 Å². The number of nitrogens with one attached hydrogen (secondary N) is 1. The lowest BCUT2D eigenvalue weighted by Gasteiger charge is -2.26. The monoisotopic (exact) mass is 495 g/mol. The number of rotatable bonds is 6. The van der Waals surface area contributed by atoms with Gasteiger partial charge in [0, 0.05) is 31.1 Å². The number of hydrogen-bond acceptors (Lipinski definition) is 6. The molecule has 0 atom stereocenters. The van der Waals surface area contributed by atoms with E-state index in [0.29, 0.717) is 47.2 Å². The summed E-state index contributed by atoms with van der Waals surface area (Å²) < 4.78 is 35.7. The van der Waals surface area contributed by atoms with E-state index in [1.54, 1.807) is 36.1 Å². The maximum atomic E-state index is 12.9. The van der Waals surface area contributed by atoms with Crippen LogP contribution < -0.4 is 9.60 Å². The molecule has 0 spiro atoms. The number of fused-ring (bicyclic) bond motifs is 1. The molecule has 4 rings (SSSR count). The van der Waals surface area contributed by atoms with Crippen LogP contribution in [-0.4, -0.2) is 50.1 Å². The molecule has 0 unspecified atom stereocenters. The molecule has 1 saturated heterocycles. The summed E-state index contributed by atoms with van der Waals surface area (Å²) in [4.78, 5) is 26.5. The highest BCUT2D eigenvalue weighted by atomic mass is 35.5. The zero-order valence-electron chi connectivity index (χ0n) is 17.3. The van der Waals surface area contributed by atoms with Crippen LogP contribution in [0, 0.1) is 6.92 Å². The lowest BCUT2D eigenvalue weighted by atomic mass is 10.2. The van der Waals surface area contributed by atoms with Crippen LogP contribution >= 0.6 is 22.9 Å². The number of anilines is 1. The number of amides is 1.